The summed E-state index contributed by atoms with van der Waals surface area (Å²) in [5.41, 5.74) is 1.85. The molecule has 8 nitrogen and oxygen atoms in total. The highest BCUT2D eigenvalue weighted by atomic mass is 127. The molecule has 0 saturated heterocycles. The average molecular weight is 661 g/mol. The second kappa shape index (κ2) is 13.4. The van der Waals surface area contributed by atoms with Gasteiger partial charge >= 0.3 is 5.97 Å². The van der Waals surface area contributed by atoms with Gasteiger partial charge in [0, 0.05) is 53.5 Å². The van der Waals surface area contributed by atoms with E-state index in [2.05, 4.69) is 77.9 Å². The number of aliphatic carboxylic acids is 1. The molecule has 1 saturated carbocycles. The van der Waals surface area contributed by atoms with E-state index in [1.54, 1.807) is 0 Å². The van der Waals surface area contributed by atoms with Gasteiger partial charge in [-0.1, -0.05) is 45.7 Å². The normalized spacial score (nSPS) is 18.9. The lowest BCUT2D eigenvalue weighted by Gasteiger charge is -2.30. The first-order valence-corrected chi connectivity index (χ1v) is 22.0. The molecule has 0 spiro atoms. The number of aromatic nitrogens is 3. The molecule has 1 fully saturated rings. The Morgan fingerprint density at radius 1 is 1.11 bits per heavy atom. The van der Waals surface area contributed by atoms with Crippen LogP contribution in [0.3, 0.4) is 0 Å². The molecule has 0 aromatic carbocycles. The van der Waals surface area contributed by atoms with E-state index in [9.17, 15) is 9.90 Å². The summed E-state index contributed by atoms with van der Waals surface area (Å²) in [6, 6.07) is 4.36. The number of hydrogen-bond acceptors (Lipinski definition) is 6. The maximum Gasteiger partial charge on any atom is 0.303 e. The van der Waals surface area contributed by atoms with Crippen LogP contribution in [0.25, 0.3) is 5.65 Å². The van der Waals surface area contributed by atoms with Crippen LogP contribution in [0.4, 0.5) is 5.82 Å². The molecular formula is C26H45IN4O4Si2. The van der Waals surface area contributed by atoms with Gasteiger partial charge in [-0.3, -0.25) is 4.79 Å². The first-order chi connectivity index (χ1) is 17.3. The van der Waals surface area contributed by atoms with Gasteiger partial charge < -0.3 is 19.5 Å². The zero-order chi connectivity index (χ0) is 27.2. The van der Waals surface area contributed by atoms with Crippen LogP contribution in [0.1, 0.15) is 43.7 Å². The summed E-state index contributed by atoms with van der Waals surface area (Å²) in [4.78, 5) is 18.5. The van der Waals surface area contributed by atoms with Gasteiger partial charge in [-0.25, -0.2) is 4.98 Å². The number of rotatable bonds is 14. The maximum absolute atomic E-state index is 11.4. The Balaban J connectivity index is 1.86. The number of carboxylic acid groups (broad SMARTS) is 1. The number of ether oxygens (including phenoxy) is 2. The Labute approximate surface area is 237 Å². The van der Waals surface area contributed by atoms with Crippen LogP contribution in [-0.2, 0) is 14.3 Å². The highest BCUT2D eigenvalue weighted by molar-refractivity contribution is 14.1. The van der Waals surface area contributed by atoms with Crippen LogP contribution in [0.15, 0.2) is 12.3 Å². The number of anilines is 1. The minimum atomic E-state index is -1.19. The van der Waals surface area contributed by atoms with Crippen molar-refractivity contribution in [3.05, 3.63) is 21.5 Å². The van der Waals surface area contributed by atoms with Crippen molar-refractivity contribution in [1.29, 1.82) is 0 Å². The lowest BCUT2D eigenvalue weighted by Crippen LogP contribution is -2.33. The molecular weight excluding hydrogens is 615 g/mol. The van der Waals surface area contributed by atoms with Gasteiger partial charge in [0.05, 0.1) is 9.77 Å². The molecule has 3 rings (SSSR count). The Morgan fingerprint density at radius 3 is 2.30 bits per heavy atom. The number of halogens is 1. The highest BCUT2D eigenvalue weighted by Gasteiger charge is 2.28. The second-order valence-electron chi connectivity index (χ2n) is 12.8. The molecule has 2 atom stereocenters. The number of nitrogens with zero attached hydrogens (tertiary/aromatic N) is 4. The molecule has 0 bridgehead atoms. The van der Waals surface area contributed by atoms with E-state index in [1.165, 1.54) is 0 Å². The second-order valence-corrected chi connectivity index (χ2v) is 25.2. The summed E-state index contributed by atoms with van der Waals surface area (Å²) in [5, 5.41) is 14.0. The number of carbonyl (C=O) groups is 1. The van der Waals surface area contributed by atoms with Gasteiger partial charge in [0.25, 0.3) is 0 Å². The predicted molar refractivity (Wildman–Crippen MR) is 163 cm³/mol. The standard InChI is InChI=1S/C26H45IN4O4Si2/c1-36(2,3)12-10-34-18-30(19-35-11-13-37(4,5)6)24-16-23(29-26-22(27)17-28-31(24)26)21-9-7-8-20(14-21)15-25(32)33/h16-17,20-21H,7-15,18-19H2,1-6H3,(H,32,33). The minimum absolute atomic E-state index is 0.201. The zero-order valence-electron chi connectivity index (χ0n) is 23.4. The van der Waals surface area contributed by atoms with E-state index in [0.29, 0.717) is 13.5 Å². The number of hydrogen-bond donors (Lipinski definition) is 1. The van der Waals surface area contributed by atoms with E-state index in [1.807, 2.05) is 10.7 Å². The summed E-state index contributed by atoms with van der Waals surface area (Å²) in [6.07, 6.45) is 5.98. The fourth-order valence-corrected chi connectivity index (χ4v) is 6.63. The Kier molecular flexibility index (Phi) is 11.0. The molecule has 0 aliphatic heterocycles. The van der Waals surface area contributed by atoms with E-state index in [4.69, 9.17) is 14.5 Å². The monoisotopic (exact) mass is 660 g/mol. The molecule has 2 heterocycles. The van der Waals surface area contributed by atoms with E-state index in [0.717, 1.165) is 71.7 Å². The third-order valence-corrected chi connectivity index (χ3v) is 11.1. The van der Waals surface area contributed by atoms with E-state index in [-0.39, 0.29) is 18.3 Å². The third kappa shape index (κ3) is 9.90. The van der Waals surface area contributed by atoms with Crippen molar-refractivity contribution >= 4 is 56.2 Å². The van der Waals surface area contributed by atoms with E-state index < -0.39 is 22.1 Å². The van der Waals surface area contributed by atoms with Crippen LogP contribution in [0.5, 0.6) is 0 Å². The van der Waals surface area contributed by atoms with E-state index >= 15 is 0 Å². The van der Waals surface area contributed by atoms with Gasteiger partial charge in [0.2, 0.25) is 0 Å². The molecule has 208 valence electrons. The topological polar surface area (TPSA) is 89.2 Å². The Morgan fingerprint density at radius 2 is 1.73 bits per heavy atom. The molecule has 1 aliphatic rings. The molecule has 37 heavy (non-hydrogen) atoms. The lowest BCUT2D eigenvalue weighted by atomic mass is 9.78. The van der Waals surface area contributed by atoms with Crippen LogP contribution >= 0.6 is 22.6 Å². The van der Waals surface area contributed by atoms with Crippen molar-refractivity contribution in [3.63, 3.8) is 0 Å². The van der Waals surface area contributed by atoms with Crippen molar-refractivity contribution in [2.45, 2.75) is 89.4 Å². The van der Waals surface area contributed by atoms with Crippen molar-refractivity contribution in [1.82, 2.24) is 14.6 Å². The fraction of sp³-hybridized carbons (Fsp3) is 0.731. The van der Waals surface area contributed by atoms with Gasteiger partial charge in [-0.05, 0) is 59.9 Å². The predicted octanol–water partition coefficient (Wildman–Crippen LogP) is 6.51. The average Bonchev–Trinajstić information content (AvgIpc) is 3.16. The van der Waals surface area contributed by atoms with Crippen LogP contribution in [-0.4, -0.2) is 68.5 Å². The minimum Gasteiger partial charge on any atom is -0.481 e. The van der Waals surface area contributed by atoms with Gasteiger partial charge in [-0.15, -0.1) is 0 Å². The fourth-order valence-electron chi connectivity index (χ4n) is 4.64. The van der Waals surface area contributed by atoms with Gasteiger partial charge in [-0.2, -0.15) is 9.61 Å². The lowest BCUT2D eigenvalue weighted by molar-refractivity contribution is -0.138. The zero-order valence-corrected chi connectivity index (χ0v) is 27.6. The summed E-state index contributed by atoms with van der Waals surface area (Å²) in [7, 11) is -2.38. The largest absolute Gasteiger partial charge is 0.481 e. The Bertz CT molecular complexity index is 1020. The first-order valence-electron chi connectivity index (χ1n) is 13.5. The smallest absolute Gasteiger partial charge is 0.303 e. The molecule has 11 heteroatoms. The molecule has 1 N–H and O–H groups in total. The quantitative estimate of drug-likeness (QED) is 0.107. The molecule has 1 aliphatic carbocycles. The summed E-state index contributed by atoms with van der Waals surface area (Å²) in [6.45, 7) is 16.5. The summed E-state index contributed by atoms with van der Waals surface area (Å²) < 4.78 is 15.3. The Hall–Kier alpha value is -1.03. The van der Waals surface area contributed by atoms with Crippen LogP contribution < -0.4 is 4.90 Å². The highest BCUT2D eigenvalue weighted by Crippen LogP contribution is 2.38. The third-order valence-electron chi connectivity index (χ3n) is 6.91. The first kappa shape index (κ1) is 30.5. The summed E-state index contributed by atoms with van der Waals surface area (Å²) >= 11 is 2.29. The van der Waals surface area contributed by atoms with Crippen molar-refractivity contribution in [3.8, 4) is 0 Å². The van der Waals surface area contributed by atoms with Crippen LogP contribution in [0, 0.1) is 9.49 Å². The molecule has 0 amide bonds. The van der Waals surface area contributed by atoms with Crippen molar-refractivity contribution < 1.29 is 19.4 Å². The number of carboxylic acids is 1. The molecule has 2 aromatic rings. The SMILES string of the molecule is C[Si](C)(C)CCOCN(COCC[Si](C)(C)C)c1cc(C2CCCC(CC(=O)O)C2)nc2c(I)cnn12. The van der Waals surface area contributed by atoms with Crippen LogP contribution in [0.2, 0.25) is 51.4 Å². The van der Waals surface area contributed by atoms with Crippen molar-refractivity contribution in [2.75, 3.05) is 31.6 Å². The van der Waals surface area contributed by atoms with Gasteiger partial charge in [0.1, 0.15) is 19.3 Å². The summed E-state index contributed by atoms with van der Waals surface area (Å²) in [5.74, 6) is 0.657. The van der Waals surface area contributed by atoms with Crippen molar-refractivity contribution in [2.24, 2.45) is 5.92 Å². The number of fused-ring (bicyclic) bond motifs is 1. The maximum atomic E-state index is 11.4. The molecule has 2 unspecified atom stereocenters. The molecule has 2 aromatic heterocycles. The van der Waals surface area contributed by atoms with Gasteiger partial charge in [0.15, 0.2) is 5.65 Å². The molecule has 0 radical (unpaired) electrons.